The van der Waals surface area contributed by atoms with Gasteiger partial charge < -0.3 is 9.64 Å². The van der Waals surface area contributed by atoms with Crippen molar-refractivity contribution in [1.29, 1.82) is 0 Å². The molecule has 2 aliphatic rings. The standard InChI is InChI=1S/C19H25NO3/c1-13(2)23-18-11-3-14(4-12-18)19(22)20(15-5-6-15)16-7-9-17(21)10-8-16/h3-4,11-13,15-16H,5-10H2,1-2H3. The molecular formula is C19H25NO3. The van der Waals surface area contributed by atoms with E-state index in [-0.39, 0.29) is 18.1 Å². The first-order chi connectivity index (χ1) is 11.0. The van der Waals surface area contributed by atoms with Crippen LogP contribution in [0.15, 0.2) is 24.3 Å². The fourth-order valence-corrected chi connectivity index (χ4v) is 3.28. The molecule has 2 fully saturated rings. The van der Waals surface area contributed by atoms with Crippen molar-refractivity contribution < 1.29 is 14.3 Å². The molecule has 0 heterocycles. The summed E-state index contributed by atoms with van der Waals surface area (Å²) in [6.45, 7) is 3.97. The maximum absolute atomic E-state index is 12.9. The van der Waals surface area contributed by atoms with E-state index in [4.69, 9.17) is 4.74 Å². The first-order valence-corrected chi connectivity index (χ1v) is 8.65. The quantitative estimate of drug-likeness (QED) is 0.834. The van der Waals surface area contributed by atoms with Gasteiger partial charge in [-0.25, -0.2) is 0 Å². The SMILES string of the molecule is CC(C)Oc1ccc(C(=O)N(C2CCC(=O)CC2)C2CC2)cc1. The third-order valence-electron chi connectivity index (χ3n) is 4.55. The Labute approximate surface area is 137 Å². The highest BCUT2D eigenvalue weighted by Crippen LogP contribution is 2.34. The van der Waals surface area contributed by atoms with Gasteiger partial charge >= 0.3 is 0 Å². The summed E-state index contributed by atoms with van der Waals surface area (Å²) in [5.41, 5.74) is 0.713. The van der Waals surface area contributed by atoms with Crippen LogP contribution >= 0.6 is 0 Å². The van der Waals surface area contributed by atoms with Crippen LogP contribution in [-0.2, 0) is 4.79 Å². The molecule has 2 saturated carbocycles. The zero-order valence-electron chi connectivity index (χ0n) is 14.0. The van der Waals surface area contributed by atoms with Gasteiger partial charge in [0.2, 0.25) is 0 Å². The first kappa shape index (κ1) is 16.0. The molecule has 0 atom stereocenters. The normalized spacial score (nSPS) is 19.0. The van der Waals surface area contributed by atoms with Crippen LogP contribution in [0.1, 0.15) is 62.7 Å². The van der Waals surface area contributed by atoms with Crippen LogP contribution in [0.2, 0.25) is 0 Å². The smallest absolute Gasteiger partial charge is 0.254 e. The highest BCUT2D eigenvalue weighted by molar-refractivity contribution is 5.95. The minimum Gasteiger partial charge on any atom is -0.491 e. The highest BCUT2D eigenvalue weighted by Gasteiger charge is 2.38. The summed E-state index contributed by atoms with van der Waals surface area (Å²) in [5.74, 6) is 1.22. The molecule has 4 heteroatoms. The van der Waals surface area contributed by atoms with Gasteiger partial charge in [-0.05, 0) is 63.8 Å². The number of hydrogen-bond donors (Lipinski definition) is 0. The van der Waals surface area contributed by atoms with Gasteiger partial charge in [0.05, 0.1) is 6.10 Å². The van der Waals surface area contributed by atoms with Gasteiger partial charge in [0.15, 0.2) is 0 Å². The number of nitrogens with zero attached hydrogens (tertiary/aromatic N) is 1. The topological polar surface area (TPSA) is 46.6 Å². The van der Waals surface area contributed by atoms with Crippen molar-refractivity contribution in [3.63, 3.8) is 0 Å². The molecule has 3 rings (SSSR count). The summed E-state index contributed by atoms with van der Waals surface area (Å²) in [6.07, 6.45) is 5.16. The lowest BCUT2D eigenvalue weighted by molar-refractivity contribution is -0.121. The Morgan fingerprint density at radius 2 is 1.61 bits per heavy atom. The molecule has 0 N–H and O–H groups in total. The number of ketones is 1. The number of amides is 1. The van der Waals surface area contributed by atoms with Gasteiger partial charge in [-0.2, -0.15) is 0 Å². The van der Waals surface area contributed by atoms with E-state index in [1.54, 1.807) is 0 Å². The lowest BCUT2D eigenvalue weighted by atomic mass is 9.92. The second-order valence-electron chi connectivity index (χ2n) is 6.90. The number of rotatable bonds is 5. The van der Waals surface area contributed by atoms with E-state index in [0.29, 0.717) is 30.2 Å². The number of Topliss-reactive ketones (excluding diaryl/α,β-unsaturated/α-hetero) is 1. The van der Waals surface area contributed by atoms with E-state index in [1.807, 2.05) is 43.0 Å². The predicted octanol–water partition coefficient (Wildman–Crippen LogP) is 3.59. The van der Waals surface area contributed by atoms with Crippen LogP contribution in [-0.4, -0.2) is 34.8 Å². The summed E-state index contributed by atoms with van der Waals surface area (Å²) in [7, 11) is 0. The summed E-state index contributed by atoms with van der Waals surface area (Å²) < 4.78 is 5.63. The van der Waals surface area contributed by atoms with Gasteiger partial charge in [0.1, 0.15) is 11.5 Å². The molecule has 0 aliphatic heterocycles. The molecule has 2 aliphatic carbocycles. The van der Waals surface area contributed by atoms with Gasteiger partial charge in [-0.1, -0.05) is 0 Å². The first-order valence-electron chi connectivity index (χ1n) is 8.65. The van der Waals surface area contributed by atoms with E-state index in [9.17, 15) is 9.59 Å². The minimum atomic E-state index is 0.0999. The van der Waals surface area contributed by atoms with Crippen molar-refractivity contribution in [2.45, 2.75) is 70.6 Å². The average Bonchev–Trinajstić information content (AvgIpc) is 3.34. The molecule has 0 saturated heterocycles. The maximum atomic E-state index is 12.9. The fourth-order valence-electron chi connectivity index (χ4n) is 3.28. The summed E-state index contributed by atoms with van der Waals surface area (Å²) >= 11 is 0. The second-order valence-corrected chi connectivity index (χ2v) is 6.90. The van der Waals surface area contributed by atoms with E-state index in [1.165, 1.54) is 0 Å². The minimum absolute atomic E-state index is 0.0999. The number of hydrogen-bond acceptors (Lipinski definition) is 3. The molecule has 0 bridgehead atoms. The molecule has 1 aromatic carbocycles. The lowest BCUT2D eigenvalue weighted by Gasteiger charge is -2.34. The third kappa shape index (κ3) is 3.92. The van der Waals surface area contributed by atoms with Crippen LogP contribution in [0, 0.1) is 0 Å². The van der Waals surface area contributed by atoms with Crippen LogP contribution < -0.4 is 4.74 Å². The predicted molar refractivity (Wildman–Crippen MR) is 88.7 cm³/mol. The summed E-state index contributed by atoms with van der Waals surface area (Å²) in [5, 5.41) is 0. The Morgan fingerprint density at radius 1 is 1.04 bits per heavy atom. The molecule has 0 unspecified atom stereocenters. The Morgan fingerprint density at radius 3 is 2.13 bits per heavy atom. The van der Waals surface area contributed by atoms with Crippen molar-refractivity contribution >= 4 is 11.7 Å². The van der Waals surface area contributed by atoms with Crippen molar-refractivity contribution in [2.24, 2.45) is 0 Å². The van der Waals surface area contributed by atoms with E-state index >= 15 is 0 Å². The number of benzene rings is 1. The van der Waals surface area contributed by atoms with Crippen molar-refractivity contribution in [3.8, 4) is 5.75 Å². The highest BCUT2D eigenvalue weighted by atomic mass is 16.5. The largest absolute Gasteiger partial charge is 0.491 e. The Kier molecular flexibility index (Phi) is 4.69. The molecule has 1 aromatic rings. The molecule has 0 aromatic heterocycles. The summed E-state index contributed by atoms with van der Waals surface area (Å²) in [4.78, 5) is 26.5. The molecular weight excluding hydrogens is 290 g/mol. The van der Waals surface area contributed by atoms with Gasteiger partial charge in [0, 0.05) is 30.5 Å². The average molecular weight is 315 g/mol. The zero-order chi connectivity index (χ0) is 16.4. The molecule has 23 heavy (non-hydrogen) atoms. The van der Waals surface area contributed by atoms with Crippen molar-refractivity contribution in [3.05, 3.63) is 29.8 Å². The Balaban J connectivity index is 1.72. The maximum Gasteiger partial charge on any atom is 0.254 e. The van der Waals surface area contributed by atoms with Crippen LogP contribution in [0.5, 0.6) is 5.75 Å². The zero-order valence-corrected chi connectivity index (χ0v) is 14.0. The third-order valence-corrected chi connectivity index (χ3v) is 4.55. The Bertz CT molecular complexity index is 565. The summed E-state index contributed by atoms with van der Waals surface area (Å²) in [6, 6.07) is 8.02. The van der Waals surface area contributed by atoms with Crippen LogP contribution in [0.25, 0.3) is 0 Å². The Hall–Kier alpha value is -1.84. The van der Waals surface area contributed by atoms with E-state index < -0.39 is 0 Å². The molecule has 1 amide bonds. The van der Waals surface area contributed by atoms with Crippen LogP contribution in [0.3, 0.4) is 0 Å². The second kappa shape index (κ2) is 6.73. The fraction of sp³-hybridized carbons (Fsp3) is 0.579. The number of ether oxygens (including phenoxy) is 1. The van der Waals surface area contributed by atoms with Crippen molar-refractivity contribution in [1.82, 2.24) is 4.90 Å². The van der Waals surface area contributed by atoms with Gasteiger partial charge in [-0.15, -0.1) is 0 Å². The number of carbonyl (C=O) groups excluding carboxylic acids is 2. The van der Waals surface area contributed by atoms with Crippen LogP contribution in [0.4, 0.5) is 0 Å². The van der Waals surface area contributed by atoms with E-state index in [2.05, 4.69) is 0 Å². The monoisotopic (exact) mass is 315 g/mol. The lowest BCUT2D eigenvalue weighted by Crippen LogP contribution is -2.44. The molecule has 4 nitrogen and oxygen atoms in total. The number of carbonyl (C=O) groups is 2. The molecule has 0 spiro atoms. The van der Waals surface area contributed by atoms with Crippen molar-refractivity contribution in [2.75, 3.05) is 0 Å². The van der Waals surface area contributed by atoms with E-state index in [0.717, 1.165) is 31.4 Å². The van der Waals surface area contributed by atoms with Gasteiger partial charge in [0.25, 0.3) is 5.91 Å². The van der Waals surface area contributed by atoms with Gasteiger partial charge in [-0.3, -0.25) is 9.59 Å². The molecule has 0 radical (unpaired) electrons. The molecule has 124 valence electrons.